The third kappa shape index (κ3) is 11.2. The maximum atomic E-state index is 12.7. The zero-order valence-corrected chi connectivity index (χ0v) is 29.9. The van der Waals surface area contributed by atoms with Crippen molar-refractivity contribution in [1.82, 2.24) is 10.2 Å². The average molecular weight is 671 g/mol. The number of nitrogens with one attached hydrogen (secondary N) is 2. The molecule has 10 nitrogen and oxygen atoms in total. The quantitative estimate of drug-likeness (QED) is 0.215. The summed E-state index contributed by atoms with van der Waals surface area (Å²) >= 11 is 0. The van der Waals surface area contributed by atoms with E-state index in [9.17, 15) is 14.4 Å². The Bertz CT molecular complexity index is 1510. The lowest BCUT2D eigenvalue weighted by molar-refractivity contribution is -0.129. The zero-order valence-electron chi connectivity index (χ0n) is 29.9. The number of hydrogen-bond donors (Lipinski definition) is 3. The molecule has 2 fully saturated rings. The highest BCUT2D eigenvalue weighted by molar-refractivity contribution is 5.95. The molecule has 3 atom stereocenters. The van der Waals surface area contributed by atoms with Crippen LogP contribution < -0.4 is 30.9 Å². The number of carbonyl (C=O) groups is 3. The number of carbonyl (C=O) groups excluding carboxylic acids is 3. The standard InChI is InChI=1S/C26H35N3O3.C13H19N3O/c1-18(2)17-32-25-11-5-21(6-12-25)20(4)26(31)28-22-7-9-24(10-8-22)29-14-13-23(16-29)27-15-19(3)30;1-10(17)15(2)13-7-8-16(9-13)12-5-3-11(14)4-6-12/h5-12,18,20,23,27H,13-17H2,1-4H3,(H,28,31);3-6,13H,7-9,14H2,1-2H3. The SMILES string of the molecule is CC(=O)CNC1CCN(c2ccc(NC(=O)C(C)c3ccc(OCC(C)C)cc3)cc2)C1.CC(=O)N(C)C1CCN(c2ccc(N)cc2)C1. The molecule has 0 radical (unpaired) electrons. The van der Waals surface area contributed by atoms with Crippen molar-refractivity contribution in [3.63, 3.8) is 0 Å². The number of hydrogen-bond acceptors (Lipinski definition) is 8. The van der Waals surface area contributed by atoms with Gasteiger partial charge in [0.25, 0.3) is 0 Å². The number of nitrogens with zero attached hydrogens (tertiary/aromatic N) is 3. The van der Waals surface area contributed by atoms with Gasteiger partial charge in [-0.25, -0.2) is 0 Å². The van der Waals surface area contributed by atoms with E-state index in [4.69, 9.17) is 10.5 Å². The molecule has 4 N–H and O–H groups in total. The molecule has 2 aliphatic heterocycles. The zero-order chi connectivity index (χ0) is 35.5. The van der Waals surface area contributed by atoms with Crippen molar-refractivity contribution in [1.29, 1.82) is 0 Å². The van der Waals surface area contributed by atoms with Crippen LogP contribution in [0.3, 0.4) is 0 Å². The van der Waals surface area contributed by atoms with Crippen LogP contribution in [-0.4, -0.2) is 81.0 Å². The average Bonchev–Trinajstić information content (AvgIpc) is 3.78. The first-order chi connectivity index (χ1) is 23.4. The van der Waals surface area contributed by atoms with Gasteiger partial charge in [-0.1, -0.05) is 26.0 Å². The molecule has 3 unspecified atom stereocenters. The summed E-state index contributed by atoms with van der Waals surface area (Å²) in [4.78, 5) is 41.6. The van der Waals surface area contributed by atoms with E-state index in [1.165, 1.54) is 5.69 Å². The molecule has 264 valence electrons. The molecule has 49 heavy (non-hydrogen) atoms. The molecule has 10 heteroatoms. The van der Waals surface area contributed by atoms with E-state index >= 15 is 0 Å². The number of rotatable bonds is 12. The maximum absolute atomic E-state index is 12.7. The van der Waals surface area contributed by atoms with Gasteiger partial charge in [-0.05, 0) is 98.8 Å². The Morgan fingerprint density at radius 2 is 1.45 bits per heavy atom. The van der Waals surface area contributed by atoms with Crippen LogP contribution in [0, 0.1) is 5.92 Å². The summed E-state index contributed by atoms with van der Waals surface area (Å²) < 4.78 is 5.72. The third-order valence-electron chi connectivity index (χ3n) is 9.15. The summed E-state index contributed by atoms with van der Waals surface area (Å²) in [5.41, 5.74) is 10.5. The summed E-state index contributed by atoms with van der Waals surface area (Å²) in [5, 5.41) is 6.32. The van der Waals surface area contributed by atoms with Crippen LogP contribution in [0.5, 0.6) is 5.75 Å². The maximum Gasteiger partial charge on any atom is 0.231 e. The molecule has 2 aliphatic rings. The smallest absolute Gasteiger partial charge is 0.231 e. The van der Waals surface area contributed by atoms with Crippen molar-refractivity contribution in [3.8, 4) is 5.75 Å². The van der Waals surface area contributed by atoms with Crippen LogP contribution in [0.15, 0.2) is 72.8 Å². The van der Waals surface area contributed by atoms with Crippen LogP contribution in [0.2, 0.25) is 0 Å². The number of ketones is 1. The molecule has 5 rings (SSSR count). The van der Waals surface area contributed by atoms with Crippen molar-refractivity contribution in [2.45, 2.75) is 65.5 Å². The first-order valence-electron chi connectivity index (χ1n) is 17.3. The van der Waals surface area contributed by atoms with Crippen LogP contribution in [0.4, 0.5) is 22.7 Å². The highest BCUT2D eigenvalue weighted by Gasteiger charge is 2.27. The van der Waals surface area contributed by atoms with Gasteiger partial charge >= 0.3 is 0 Å². The van der Waals surface area contributed by atoms with Crippen molar-refractivity contribution in [2.75, 3.05) is 67.2 Å². The van der Waals surface area contributed by atoms with E-state index in [0.29, 0.717) is 31.2 Å². The first kappa shape index (κ1) is 37.3. The Morgan fingerprint density at radius 3 is 2.04 bits per heavy atom. The molecule has 3 aromatic rings. The van der Waals surface area contributed by atoms with Crippen LogP contribution in [0.25, 0.3) is 0 Å². The fraction of sp³-hybridized carbons (Fsp3) is 0.462. The molecule has 3 aromatic carbocycles. The molecule has 0 spiro atoms. The van der Waals surface area contributed by atoms with E-state index in [1.54, 1.807) is 13.8 Å². The third-order valence-corrected chi connectivity index (χ3v) is 9.15. The van der Waals surface area contributed by atoms with Crippen molar-refractivity contribution in [2.24, 2.45) is 5.92 Å². The Hall–Kier alpha value is -4.57. The van der Waals surface area contributed by atoms with Gasteiger partial charge in [-0.15, -0.1) is 0 Å². The van der Waals surface area contributed by atoms with Gasteiger partial charge in [0.1, 0.15) is 11.5 Å². The van der Waals surface area contributed by atoms with Gasteiger partial charge in [0, 0.05) is 68.9 Å². The summed E-state index contributed by atoms with van der Waals surface area (Å²) in [6.45, 7) is 14.2. The van der Waals surface area contributed by atoms with Crippen LogP contribution >= 0.6 is 0 Å². The first-order valence-corrected chi connectivity index (χ1v) is 17.3. The Balaban J connectivity index is 0.000000266. The predicted molar refractivity (Wildman–Crippen MR) is 199 cm³/mol. The lowest BCUT2D eigenvalue weighted by atomic mass is 10.00. The van der Waals surface area contributed by atoms with Gasteiger partial charge in [0.2, 0.25) is 11.8 Å². The number of anilines is 4. The monoisotopic (exact) mass is 670 g/mol. The fourth-order valence-electron chi connectivity index (χ4n) is 5.96. The lowest BCUT2D eigenvalue weighted by Crippen LogP contribution is -2.37. The van der Waals surface area contributed by atoms with Gasteiger partial charge in [-0.3, -0.25) is 14.4 Å². The van der Waals surface area contributed by atoms with E-state index in [0.717, 1.165) is 67.4 Å². The highest BCUT2D eigenvalue weighted by atomic mass is 16.5. The van der Waals surface area contributed by atoms with Crippen molar-refractivity contribution < 1.29 is 19.1 Å². The highest BCUT2D eigenvalue weighted by Crippen LogP contribution is 2.26. The number of amides is 2. The number of ether oxygens (including phenoxy) is 1. The molecule has 0 saturated carbocycles. The number of Topliss-reactive ketones (excluding diaryl/α,β-unsaturated/α-hetero) is 1. The molecule has 2 saturated heterocycles. The van der Waals surface area contributed by atoms with Crippen molar-refractivity contribution in [3.05, 3.63) is 78.4 Å². The second-order valence-electron chi connectivity index (χ2n) is 13.7. The second kappa shape index (κ2) is 17.7. The molecule has 0 aromatic heterocycles. The summed E-state index contributed by atoms with van der Waals surface area (Å²) in [6, 6.07) is 24.3. The molecular weight excluding hydrogens is 616 g/mol. The van der Waals surface area contributed by atoms with Crippen LogP contribution in [-0.2, 0) is 14.4 Å². The summed E-state index contributed by atoms with van der Waals surface area (Å²) in [6.07, 6.45) is 2.05. The Kier molecular flexibility index (Phi) is 13.5. The molecule has 2 amide bonds. The minimum absolute atomic E-state index is 0.0386. The van der Waals surface area contributed by atoms with Crippen molar-refractivity contribution >= 4 is 40.3 Å². The van der Waals surface area contributed by atoms with E-state index in [-0.39, 0.29) is 23.5 Å². The minimum Gasteiger partial charge on any atom is -0.493 e. The largest absolute Gasteiger partial charge is 0.493 e. The Labute approximate surface area is 292 Å². The number of nitrogen functional groups attached to an aromatic ring is 1. The van der Waals surface area contributed by atoms with Gasteiger partial charge in [0.05, 0.1) is 25.1 Å². The number of nitrogens with two attached hydrogens (primary N) is 1. The molecule has 0 aliphatic carbocycles. The summed E-state index contributed by atoms with van der Waals surface area (Å²) in [5.74, 6) is 1.29. The number of likely N-dealkylation sites (N-methyl/N-ethyl adjacent to an activating group) is 1. The van der Waals surface area contributed by atoms with Gasteiger partial charge in [0.15, 0.2) is 0 Å². The van der Waals surface area contributed by atoms with Gasteiger partial charge < -0.3 is 35.8 Å². The normalized spacial score (nSPS) is 17.7. The molecule has 2 heterocycles. The Morgan fingerprint density at radius 1 is 0.857 bits per heavy atom. The topological polar surface area (TPSA) is 120 Å². The second-order valence-corrected chi connectivity index (χ2v) is 13.7. The molecular formula is C39H54N6O4. The van der Waals surface area contributed by atoms with Gasteiger partial charge in [-0.2, -0.15) is 0 Å². The summed E-state index contributed by atoms with van der Waals surface area (Å²) in [7, 11) is 1.87. The lowest BCUT2D eigenvalue weighted by Gasteiger charge is -2.24. The van der Waals surface area contributed by atoms with Crippen LogP contribution in [0.1, 0.15) is 58.9 Å². The number of benzene rings is 3. The predicted octanol–water partition coefficient (Wildman–Crippen LogP) is 5.55. The minimum atomic E-state index is -0.263. The van der Waals surface area contributed by atoms with E-state index < -0.39 is 0 Å². The van der Waals surface area contributed by atoms with E-state index in [2.05, 4.69) is 34.3 Å². The van der Waals surface area contributed by atoms with E-state index in [1.807, 2.05) is 91.7 Å². The fourth-order valence-corrected chi connectivity index (χ4v) is 5.96. The molecule has 0 bridgehead atoms.